The van der Waals surface area contributed by atoms with Crippen LogP contribution < -0.4 is 10.2 Å². The van der Waals surface area contributed by atoms with Gasteiger partial charge in [-0.15, -0.1) is 0 Å². The number of hydrogen-bond donors (Lipinski definition) is 1. The molecule has 1 saturated carbocycles. The molecule has 4 nitrogen and oxygen atoms in total. The number of aromatic nitrogens is 1. The highest BCUT2D eigenvalue weighted by atomic mass is 35.5. The van der Waals surface area contributed by atoms with Crippen molar-refractivity contribution in [2.45, 2.75) is 50.1 Å². The van der Waals surface area contributed by atoms with Gasteiger partial charge < -0.3 is 10.2 Å². The van der Waals surface area contributed by atoms with Gasteiger partial charge in [-0.3, -0.25) is 4.79 Å². The lowest BCUT2D eigenvalue weighted by atomic mass is 9.90. The van der Waals surface area contributed by atoms with Crippen LogP contribution in [0, 0.1) is 0 Å². The fourth-order valence-corrected chi connectivity index (χ4v) is 3.82. The minimum atomic E-state index is -5.00. The molecule has 1 aromatic heterocycles. The molecule has 1 aliphatic rings. The Hall–Kier alpha value is -2.49. The number of nitrogens with one attached hydrogen (secondary N) is 1. The Morgan fingerprint density at radius 1 is 0.969 bits per heavy atom. The summed E-state index contributed by atoms with van der Waals surface area (Å²) in [5, 5.41) is 3.41. The lowest BCUT2D eigenvalue weighted by Gasteiger charge is -2.36. The first-order valence-electron chi connectivity index (χ1n) is 9.80. The van der Waals surface area contributed by atoms with Crippen LogP contribution >= 0.6 is 11.6 Å². The van der Waals surface area contributed by atoms with E-state index >= 15 is 0 Å². The summed E-state index contributed by atoms with van der Waals surface area (Å²) in [7, 11) is 1.47. The van der Waals surface area contributed by atoms with Crippen molar-refractivity contribution in [3.63, 3.8) is 0 Å². The molecule has 0 saturated heterocycles. The van der Waals surface area contributed by atoms with Crippen molar-refractivity contribution in [1.29, 1.82) is 0 Å². The average Bonchev–Trinajstić information content (AvgIpc) is 2.72. The third-order valence-electron chi connectivity index (χ3n) is 5.48. The number of carbonyl (C=O) groups excluding carboxylic acids is 1. The maximum Gasteiger partial charge on any atom is 0.433 e. The lowest BCUT2D eigenvalue weighted by molar-refractivity contribution is -0.150. The maximum absolute atomic E-state index is 13.1. The normalized spacial score (nSPS) is 19.5. The van der Waals surface area contributed by atoms with Crippen LogP contribution in [0.5, 0.6) is 0 Å². The quantitative estimate of drug-likeness (QED) is 0.551. The second-order valence-corrected chi connectivity index (χ2v) is 8.12. The third kappa shape index (κ3) is 5.85. The van der Waals surface area contributed by atoms with Crippen LogP contribution in [0.25, 0.3) is 0 Å². The van der Waals surface area contributed by atoms with Gasteiger partial charge in [0.05, 0.1) is 0 Å². The highest BCUT2D eigenvalue weighted by molar-refractivity contribution is 6.30. The molecule has 1 heterocycles. The number of carbonyl (C=O) groups is 1. The second-order valence-electron chi connectivity index (χ2n) is 7.69. The summed E-state index contributed by atoms with van der Waals surface area (Å²) in [6.45, 7) is 0. The van der Waals surface area contributed by atoms with Crippen LogP contribution in [0.1, 0.15) is 47.4 Å². The smallest absolute Gasteiger partial charge is 0.371 e. The summed E-state index contributed by atoms with van der Waals surface area (Å²) < 4.78 is 78.5. The van der Waals surface area contributed by atoms with E-state index in [1.54, 1.807) is 24.3 Å². The van der Waals surface area contributed by atoms with Gasteiger partial charge in [-0.05, 0) is 62.1 Å². The molecule has 0 unspecified atom stereocenters. The van der Waals surface area contributed by atoms with E-state index in [0.717, 1.165) is 0 Å². The zero-order valence-electron chi connectivity index (χ0n) is 16.9. The highest BCUT2D eigenvalue weighted by Crippen LogP contribution is 2.37. The summed E-state index contributed by atoms with van der Waals surface area (Å²) in [5.41, 5.74) is -2.92. The fraction of sp³-hybridized carbons (Fsp3) is 0.429. The fourth-order valence-electron chi connectivity index (χ4n) is 3.70. The lowest BCUT2D eigenvalue weighted by Crippen LogP contribution is -2.43. The standard InChI is InChI=1S/C21H20ClF6N3O/c1-31(16-10-17(20(23,24)25)30-18(11-16)21(26,27)28)15-8-6-14(7-9-15)29-19(32)12-2-4-13(22)5-3-12/h2-5,10-11,14-15H,6-9H2,1H3,(H,29,32). The van der Waals surface area contributed by atoms with Crippen molar-refractivity contribution in [1.82, 2.24) is 10.3 Å². The Kier molecular flexibility index (Phi) is 6.92. The maximum atomic E-state index is 13.1. The molecule has 2 aromatic rings. The number of alkyl halides is 6. The molecule has 0 spiro atoms. The van der Waals surface area contributed by atoms with E-state index in [4.69, 9.17) is 11.6 Å². The summed E-state index contributed by atoms with van der Waals surface area (Å²) in [4.78, 5) is 16.5. The first-order chi connectivity index (χ1) is 14.8. The van der Waals surface area contributed by atoms with Crippen LogP contribution in [-0.2, 0) is 12.4 Å². The van der Waals surface area contributed by atoms with Crippen LogP contribution in [0.15, 0.2) is 36.4 Å². The monoisotopic (exact) mass is 479 g/mol. The molecule has 1 aliphatic carbocycles. The zero-order valence-corrected chi connectivity index (χ0v) is 17.7. The number of halogens is 7. The van der Waals surface area contributed by atoms with Gasteiger partial charge in [0.2, 0.25) is 0 Å². The van der Waals surface area contributed by atoms with E-state index in [1.165, 1.54) is 11.9 Å². The average molecular weight is 480 g/mol. The van der Waals surface area contributed by atoms with Gasteiger partial charge in [-0.25, -0.2) is 4.98 Å². The van der Waals surface area contributed by atoms with Gasteiger partial charge in [0, 0.05) is 35.4 Å². The molecule has 1 N–H and O–H groups in total. The Morgan fingerprint density at radius 3 is 1.94 bits per heavy atom. The number of anilines is 1. The first-order valence-corrected chi connectivity index (χ1v) is 10.2. The second kappa shape index (κ2) is 9.17. The SMILES string of the molecule is CN(c1cc(C(F)(F)F)nc(C(F)(F)F)c1)C1CCC(NC(=O)c2ccc(Cl)cc2)CC1. The molecule has 0 aliphatic heterocycles. The summed E-state index contributed by atoms with van der Waals surface area (Å²) in [6.07, 6.45) is -7.93. The summed E-state index contributed by atoms with van der Waals surface area (Å²) >= 11 is 5.81. The molecule has 0 atom stereocenters. The topological polar surface area (TPSA) is 45.2 Å². The van der Waals surface area contributed by atoms with Crippen molar-refractivity contribution in [2.24, 2.45) is 0 Å². The van der Waals surface area contributed by atoms with E-state index in [1.807, 2.05) is 0 Å². The molecule has 3 rings (SSSR count). The molecular formula is C21H20ClF6N3O. The van der Waals surface area contributed by atoms with Gasteiger partial charge in [-0.2, -0.15) is 26.3 Å². The van der Waals surface area contributed by atoms with E-state index in [-0.39, 0.29) is 23.7 Å². The van der Waals surface area contributed by atoms with Crippen LogP contribution in [0.4, 0.5) is 32.0 Å². The Morgan fingerprint density at radius 2 is 1.47 bits per heavy atom. The number of rotatable bonds is 4. The summed E-state index contributed by atoms with van der Waals surface area (Å²) in [6, 6.07) is 7.23. The van der Waals surface area contributed by atoms with Crippen LogP contribution in [0.2, 0.25) is 5.02 Å². The number of pyridine rings is 1. The van der Waals surface area contributed by atoms with Crippen LogP contribution in [-0.4, -0.2) is 30.0 Å². The van der Waals surface area contributed by atoms with Crippen molar-refractivity contribution in [3.8, 4) is 0 Å². The Labute approximate surface area is 185 Å². The first kappa shape index (κ1) is 24.2. The number of nitrogens with zero attached hydrogens (tertiary/aromatic N) is 2. The molecular weight excluding hydrogens is 460 g/mol. The predicted octanol–water partition coefficient (Wildman–Crippen LogP) is 5.95. The molecule has 11 heteroatoms. The molecule has 0 bridgehead atoms. The van der Waals surface area contributed by atoms with Crippen LogP contribution in [0.3, 0.4) is 0 Å². The highest BCUT2D eigenvalue weighted by Gasteiger charge is 2.39. The molecule has 174 valence electrons. The van der Waals surface area contributed by atoms with E-state index in [9.17, 15) is 31.1 Å². The molecule has 1 amide bonds. The number of hydrogen-bond acceptors (Lipinski definition) is 3. The van der Waals surface area contributed by atoms with Crippen molar-refractivity contribution in [3.05, 3.63) is 58.4 Å². The Balaban J connectivity index is 1.68. The van der Waals surface area contributed by atoms with E-state index < -0.39 is 23.7 Å². The predicted molar refractivity (Wildman–Crippen MR) is 108 cm³/mol. The van der Waals surface area contributed by atoms with Gasteiger partial charge in [0.1, 0.15) is 11.4 Å². The summed E-state index contributed by atoms with van der Waals surface area (Å²) in [5.74, 6) is -0.266. The van der Waals surface area contributed by atoms with Crippen molar-refractivity contribution in [2.75, 3.05) is 11.9 Å². The largest absolute Gasteiger partial charge is 0.433 e. The van der Waals surface area contributed by atoms with Gasteiger partial charge in [-0.1, -0.05) is 11.6 Å². The number of amides is 1. The zero-order chi connectivity index (χ0) is 23.7. The minimum Gasteiger partial charge on any atom is -0.371 e. The molecule has 1 fully saturated rings. The molecule has 0 radical (unpaired) electrons. The van der Waals surface area contributed by atoms with Crippen molar-refractivity contribution < 1.29 is 31.1 Å². The van der Waals surface area contributed by atoms with Gasteiger partial charge in [0.15, 0.2) is 0 Å². The Bertz CT molecular complexity index is 921. The van der Waals surface area contributed by atoms with E-state index in [2.05, 4.69) is 10.3 Å². The third-order valence-corrected chi connectivity index (χ3v) is 5.74. The molecule has 1 aromatic carbocycles. The minimum absolute atomic E-state index is 0.142. The van der Waals surface area contributed by atoms with Gasteiger partial charge in [0.25, 0.3) is 5.91 Å². The molecule has 32 heavy (non-hydrogen) atoms. The number of benzene rings is 1. The van der Waals surface area contributed by atoms with Gasteiger partial charge >= 0.3 is 12.4 Å². The van der Waals surface area contributed by atoms with Crippen molar-refractivity contribution >= 4 is 23.2 Å². The van der Waals surface area contributed by atoms with E-state index in [0.29, 0.717) is 48.4 Å².